The average Bonchev–Trinajstić information content (AvgIpc) is 2.54. The predicted molar refractivity (Wildman–Crippen MR) is 95.7 cm³/mol. The Kier molecular flexibility index (Phi) is 7.11. The highest BCUT2D eigenvalue weighted by molar-refractivity contribution is 6.30. The summed E-state index contributed by atoms with van der Waals surface area (Å²) < 4.78 is 0. The average molecular weight is 331 g/mol. The van der Waals surface area contributed by atoms with E-state index >= 15 is 0 Å². The number of hydrogen-bond acceptors (Lipinski definition) is 2. The largest absolute Gasteiger partial charge is 0.352 e. The van der Waals surface area contributed by atoms with Crippen molar-refractivity contribution < 1.29 is 4.79 Å². The highest BCUT2D eigenvalue weighted by Crippen LogP contribution is 2.10. The van der Waals surface area contributed by atoms with E-state index in [-0.39, 0.29) is 5.91 Å². The fourth-order valence-corrected chi connectivity index (χ4v) is 2.46. The van der Waals surface area contributed by atoms with Crippen LogP contribution in [-0.4, -0.2) is 19.0 Å². The normalized spacial score (nSPS) is 10.5. The first kappa shape index (κ1) is 17.5. The maximum atomic E-state index is 11.8. The summed E-state index contributed by atoms with van der Waals surface area (Å²) in [7, 11) is 0. The van der Waals surface area contributed by atoms with Crippen molar-refractivity contribution in [1.82, 2.24) is 10.6 Å². The SMILES string of the molecule is Cc1ccc(CNC(=O)CCNCCc2cccc(Cl)c2)cc1. The molecule has 0 atom stereocenters. The predicted octanol–water partition coefficient (Wildman–Crippen LogP) is 3.49. The minimum Gasteiger partial charge on any atom is -0.352 e. The molecule has 0 unspecified atom stereocenters. The molecule has 2 rings (SSSR count). The summed E-state index contributed by atoms with van der Waals surface area (Å²) in [5, 5.41) is 6.99. The molecule has 2 N–H and O–H groups in total. The second-order valence-electron chi connectivity index (χ2n) is 5.64. The zero-order chi connectivity index (χ0) is 16.5. The van der Waals surface area contributed by atoms with E-state index in [9.17, 15) is 4.79 Å². The van der Waals surface area contributed by atoms with Crippen molar-refractivity contribution in [3.63, 3.8) is 0 Å². The van der Waals surface area contributed by atoms with Crippen LogP contribution in [0.15, 0.2) is 48.5 Å². The fraction of sp³-hybridized carbons (Fsp3) is 0.316. The lowest BCUT2D eigenvalue weighted by Crippen LogP contribution is -2.28. The van der Waals surface area contributed by atoms with E-state index in [2.05, 4.69) is 35.8 Å². The number of hydrogen-bond donors (Lipinski definition) is 2. The van der Waals surface area contributed by atoms with E-state index in [1.165, 1.54) is 11.1 Å². The van der Waals surface area contributed by atoms with Crippen LogP contribution in [0, 0.1) is 6.92 Å². The fourth-order valence-electron chi connectivity index (χ4n) is 2.25. The third-order valence-corrected chi connectivity index (χ3v) is 3.85. The van der Waals surface area contributed by atoms with Gasteiger partial charge in [-0.05, 0) is 43.1 Å². The minimum atomic E-state index is 0.0702. The molecular formula is C19H23ClN2O. The van der Waals surface area contributed by atoms with Crippen molar-refractivity contribution in [2.24, 2.45) is 0 Å². The van der Waals surface area contributed by atoms with Gasteiger partial charge in [0.1, 0.15) is 0 Å². The lowest BCUT2D eigenvalue weighted by Gasteiger charge is -2.07. The molecule has 0 aliphatic heterocycles. The van der Waals surface area contributed by atoms with Crippen LogP contribution in [0.5, 0.6) is 0 Å². The molecule has 2 aromatic rings. The molecule has 0 aliphatic carbocycles. The summed E-state index contributed by atoms with van der Waals surface area (Å²) in [5.74, 6) is 0.0702. The first-order chi connectivity index (χ1) is 11.1. The summed E-state index contributed by atoms with van der Waals surface area (Å²) in [6.45, 7) is 4.16. The van der Waals surface area contributed by atoms with E-state index < -0.39 is 0 Å². The van der Waals surface area contributed by atoms with Gasteiger partial charge < -0.3 is 10.6 Å². The van der Waals surface area contributed by atoms with Crippen molar-refractivity contribution in [2.45, 2.75) is 26.3 Å². The maximum Gasteiger partial charge on any atom is 0.221 e. The molecule has 0 heterocycles. The molecule has 0 saturated carbocycles. The number of aryl methyl sites for hydroxylation is 1. The molecule has 2 aromatic carbocycles. The van der Waals surface area contributed by atoms with Crippen LogP contribution in [0.1, 0.15) is 23.1 Å². The molecule has 0 saturated heterocycles. The Morgan fingerprint density at radius 2 is 1.83 bits per heavy atom. The van der Waals surface area contributed by atoms with Gasteiger partial charge in [-0.3, -0.25) is 4.79 Å². The lowest BCUT2D eigenvalue weighted by molar-refractivity contribution is -0.121. The number of amides is 1. The molecule has 0 aliphatic rings. The first-order valence-electron chi connectivity index (χ1n) is 7.91. The van der Waals surface area contributed by atoms with Gasteiger partial charge in [0.2, 0.25) is 5.91 Å². The summed E-state index contributed by atoms with van der Waals surface area (Å²) in [4.78, 5) is 11.8. The number of carbonyl (C=O) groups excluding carboxylic acids is 1. The van der Waals surface area contributed by atoms with E-state index in [0.717, 1.165) is 23.6 Å². The van der Waals surface area contributed by atoms with E-state index in [1.54, 1.807) is 0 Å². The number of carbonyl (C=O) groups is 1. The topological polar surface area (TPSA) is 41.1 Å². The van der Waals surface area contributed by atoms with Crippen LogP contribution in [0.4, 0.5) is 0 Å². The molecule has 122 valence electrons. The highest BCUT2D eigenvalue weighted by atomic mass is 35.5. The summed E-state index contributed by atoms with van der Waals surface area (Å²) in [6.07, 6.45) is 1.40. The Morgan fingerprint density at radius 3 is 2.57 bits per heavy atom. The molecule has 1 amide bonds. The quantitative estimate of drug-likeness (QED) is 0.727. The molecule has 0 fully saturated rings. The second kappa shape index (κ2) is 9.33. The van der Waals surface area contributed by atoms with Gasteiger partial charge in [-0.25, -0.2) is 0 Å². The monoisotopic (exact) mass is 330 g/mol. The first-order valence-corrected chi connectivity index (χ1v) is 8.29. The van der Waals surface area contributed by atoms with Gasteiger partial charge in [-0.15, -0.1) is 0 Å². The Bertz CT molecular complexity index is 626. The number of halogens is 1. The number of benzene rings is 2. The van der Waals surface area contributed by atoms with Crippen LogP contribution in [0.2, 0.25) is 5.02 Å². The van der Waals surface area contributed by atoms with Gasteiger partial charge in [0.05, 0.1) is 0 Å². The van der Waals surface area contributed by atoms with Gasteiger partial charge in [-0.1, -0.05) is 53.6 Å². The molecule has 0 bridgehead atoms. The molecule has 4 heteroatoms. The van der Waals surface area contributed by atoms with Gasteiger partial charge in [-0.2, -0.15) is 0 Å². The van der Waals surface area contributed by atoms with Crippen molar-refractivity contribution >= 4 is 17.5 Å². The standard InChI is InChI=1S/C19H23ClN2O/c1-15-5-7-17(8-6-15)14-22-19(23)10-12-21-11-9-16-3-2-4-18(20)13-16/h2-8,13,21H,9-12,14H2,1H3,(H,22,23). The van der Waals surface area contributed by atoms with Crippen molar-refractivity contribution in [3.05, 3.63) is 70.2 Å². The number of rotatable bonds is 8. The summed E-state index contributed by atoms with van der Waals surface area (Å²) in [6, 6.07) is 16.0. The van der Waals surface area contributed by atoms with Crippen LogP contribution in [-0.2, 0) is 17.8 Å². The molecule has 3 nitrogen and oxygen atoms in total. The van der Waals surface area contributed by atoms with E-state index in [1.807, 2.05) is 30.3 Å². The lowest BCUT2D eigenvalue weighted by atomic mass is 10.1. The van der Waals surface area contributed by atoms with Crippen LogP contribution < -0.4 is 10.6 Å². The van der Waals surface area contributed by atoms with Crippen molar-refractivity contribution in [1.29, 1.82) is 0 Å². The van der Waals surface area contributed by atoms with E-state index in [0.29, 0.717) is 19.5 Å². The third kappa shape index (κ3) is 6.85. The van der Waals surface area contributed by atoms with Gasteiger partial charge in [0.15, 0.2) is 0 Å². The van der Waals surface area contributed by atoms with Gasteiger partial charge >= 0.3 is 0 Å². The van der Waals surface area contributed by atoms with Gasteiger partial charge in [0, 0.05) is 24.5 Å². The third-order valence-electron chi connectivity index (χ3n) is 3.62. The highest BCUT2D eigenvalue weighted by Gasteiger charge is 2.01. The number of nitrogens with one attached hydrogen (secondary N) is 2. The maximum absolute atomic E-state index is 11.8. The molecule has 0 spiro atoms. The van der Waals surface area contributed by atoms with E-state index in [4.69, 9.17) is 11.6 Å². The second-order valence-corrected chi connectivity index (χ2v) is 6.08. The zero-order valence-corrected chi connectivity index (χ0v) is 14.2. The molecular weight excluding hydrogens is 308 g/mol. The Labute approximate surface area is 143 Å². The van der Waals surface area contributed by atoms with Crippen molar-refractivity contribution in [2.75, 3.05) is 13.1 Å². The Morgan fingerprint density at radius 1 is 1.04 bits per heavy atom. The molecule has 23 heavy (non-hydrogen) atoms. The summed E-state index contributed by atoms with van der Waals surface area (Å²) in [5.41, 5.74) is 3.55. The van der Waals surface area contributed by atoms with Crippen LogP contribution in [0.25, 0.3) is 0 Å². The zero-order valence-electron chi connectivity index (χ0n) is 13.4. The van der Waals surface area contributed by atoms with Gasteiger partial charge in [0.25, 0.3) is 0 Å². The summed E-state index contributed by atoms with van der Waals surface area (Å²) >= 11 is 5.95. The Balaban J connectivity index is 1.57. The van der Waals surface area contributed by atoms with Crippen LogP contribution in [0.3, 0.4) is 0 Å². The molecule has 0 aromatic heterocycles. The molecule has 0 radical (unpaired) electrons. The Hall–Kier alpha value is -1.84. The minimum absolute atomic E-state index is 0.0702. The van der Waals surface area contributed by atoms with Crippen molar-refractivity contribution in [3.8, 4) is 0 Å². The smallest absolute Gasteiger partial charge is 0.221 e. The van der Waals surface area contributed by atoms with Crippen LogP contribution >= 0.6 is 11.6 Å².